The van der Waals surface area contributed by atoms with Crippen LogP contribution in [0.15, 0.2) is 0 Å². The lowest BCUT2D eigenvalue weighted by Gasteiger charge is -2.27. The zero-order chi connectivity index (χ0) is 11.1. The maximum atomic E-state index is 11.6. The number of nitrogens with one attached hydrogen (secondary N) is 1. The first kappa shape index (κ1) is 12.4. The van der Waals surface area contributed by atoms with Crippen molar-refractivity contribution in [2.75, 3.05) is 60.0 Å². The van der Waals surface area contributed by atoms with Gasteiger partial charge in [-0.15, -0.1) is 0 Å². The van der Waals surface area contributed by atoms with Crippen molar-refractivity contribution < 1.29 is 9.53 Å². The third-order valence-electron chi connectivity index (χ3n) is 2.38. The minimum atomic E-state index is 0.178. The lowest BCUT2D eigenvalue weighted by Crippen LogP contribution is -2.45. The molecule has 0 aromatic rings. The van der Waals surface area contributed by atoms with Crippen LogP contribution in [0.1, 0.15) is 0 Å². The standard InChI is InChI=1S/C10H21N3O2/c1-12(2)4-3-11-9-10(14)13-5-7-15-8-6-13/h11H,3-9H2,1-2H3. The van der Waals surface area contributed by atoms with Crippen LogP contribution in [0.2, 0.25) is 0 Å². The van der Waals surface area contributed by atoms with E-state index in [0.29, 0.717) is 19.8 Å². The number of morpholine rings is 1. The van der Waals surface area contributed by atoms with Gasteiger partial charge in [0.05, 0.1) is 19.8 Å². The minimum absolute atomic E-state index is 0.178. The number of hydrogen-bond donors (Lipinski definition) is 1. The molecule has 0 spiro atoms. The molecule has 5 nitrogen and oxygen atoms in total. The van der Waals surface area contributed by atoms with Crippen LogP contribution >= 0.6 is 0 Å². The maximum absolute atomic E-state index is 11.6. The van der Waals surface area contributed by atoms with Crippen LogP contribution in [-0.4, -0.2) is 75.7 Å². The van der Waals surface area contributed by atoms with Crippen LogP contribution in [0.25, 0.3) is 0 Å². The summed E-state index contributed by atoms with van der Waals surface area (Å²) in [6, 6.07) is 0. The fourth-order valence-electron chi connectivity index (χ4n) is 1.42. The molecule has 1 aliphatic rings. The molecule has 1 aliphatic heterocycles. The van der Waals surface area contributed by atoms with Gasteiger partial charge in [0.25, 0.3) is 0 Å². The molecule has 0 aromatic heterocycles. The van der Waals surface area contributed by atoms with Crippen LogP contribution in [0.3, 0.4) is 0 Å². The van der Waals surface area contributed by atoms with Crippen molar-refractivity contribution >= 4 is 5.91 Å². The van der Waals surface area contributed by atoms with Crippen LogP contribution in [0, 0.1) is 0 Å². The SMILES string of the molecule is CN(C)CCNCC(=O)N1CCOCC1. The molecule has 0 atom stereocenters. The summed E-state index contributed by atoms with van der Waals surface area (Å²) in [6.07, 6.45) is 0. The van der Waals surface area contributed by atoms with Gasteiger partial charge in [0.1, 0.15) is 0 Å². The Bertz CT molecular complexity index is 191. The average molecular weight is 215 g/mol. The Morgan fingerprint density at radius 1 is 1.40 bits per heavy atom. The highest BCUT2D eigenvalue weighted by Gasteiger charge is 2.15. The third-order valence-corrected chi connectivity index (χ3v) is 2.38. The molecule has 0 saturated carbocycles. The molecule has 1 saturated heterocycles. The summed E-state index contributed by atoms with van der Waals surface area (Å²) in [6.45, 7) is 5.04. The lowest BCUT2D eigenvalue weighted by atomic mass is 10.4. The van der Waals surface area contributed by atoms with Gasteiger partial charge in [-0.25, -0.2) is 0 Å². The minimum Gasteiger partial charge on any atom is -0.378 e. The van der Waals surface area contributed by atoms with Crippen molar-refractivity contribution in [2.24, 2.45) is 0 Å². The van der Waals surface area contributed by atoms with E-state index in [0.717, 1.165) is 26.2 Å². The molecular weight excluding hydrogens is 194 g/mol. The smallest absolute Gasteiger partial charge is 0.236 e. The van der Waals surface area contributed by atoms with E-state index in [9.17, 15) is 4.79 Å². The number of carbonyl (C=O) groups excluding carboxylic acids is 1. The molecule has 0 aromatic carbocycles. The molecule has 0 aliphatic carbocycles. The average Bonchev–Trinajstić information content (AvgIpc) is 2.25. The summed E-state index contributed by atoms with van der Waals surface area (Å²) in [7, 11) is 4.04. The first-order valence-electron chi connectivity index (χ1n) is 5.41. The van der Waals surface area contributed by atoms with Gasteiger partial charge < -0.3 is 19.9 Å². The van der Waals surface area contributed by atoms with E-state index in [4.69, 9.17) is 4.74 Å². The van der Waals surface area contributed by atoms with Crippen molar-refractivity contribution in [2.45, 2.75) is 0 Å². The van der Waals surface area contributed by atoms with Gasteiger partial charge in [0.15, 0.2) is 0 Å². The summed E-state index contributed by atoms with van der Waals surface area (Å²) in [5.74, 6) is 0.178. The number of ether oxygens (including phenoxy) is 1. The molecule has 5 heteroatoms. The van der Waals surface area contributed by atoms with Crippen molar-refractivity contribution in [1.29, 1.82) is 0 Å². The van der Waals surface area contributed by atoms with E-state index in [1.54, 1.807) is 0 Å². The van der Waals surface area contributed by atoms with E-state index in [1.165, 1.54) is 0 Å². The molecule has 1 N–H and O–H groups in total. The fourth-order valence-corrected chi connectivity index (χ4v) is 1.42. The topological polar surface area (TPSA) is 44.8 Å². The number of amides is 1. The van der Waals surface area contributed by atoms with E-state index in [1.807, 2.05) is 19.0 Å². The number of hydrogen-bond acceptors (Lipinski definition) is 4. The molecule has 0 bridgehead atoms. The number of rotatable bonds is 5. The second-order valence-corrected chi connectivity index (χ2v) is 3.97. The molecule has 1 heterocycles. The fraction of sp³-hybridized carbons (Fsp3) is 0.900. The predicted octanol–water partition coefficient (Wildman–Crippen LogP) is -1.00. The quantitative estimate of drug-likeness (QED) is 0.597. The molecule has 1 fully saturated rings. The Kier molecular flexibility index (Phi) is 5.60. The van der Waals surface area contributed by atoms with Gasteiger partial charge in [-0.3, -0.25) is 4.79 Å². The van der Waals surface area contributed by atoms with E-state index < -0.39 is 0 Å². The van der Waals surface area contributed by atoms with Gasteiger partial charge in [-0.1, -0.05) is 0 Å². The Labute approximate surface area is 91.4 Å². The Hall–Kier alpha value is -0.650. The highest BCUT2D eigenvalue weighted by molar-refractivity contribution is 5.78. The van der Waals surface area contributed by atoms with Crippen molar-refractivity contribution in [1.82, 2.24) is 15.1 Å². The Morgan fingerprint density at radius 3 is 2.67 bits per heavy atom. The molecule has 88 valence electrons. The second kappa shape index (κ2) is 6.76. The normalized spacial score (nSPS) is 17.1. The van der Waals surface area contributed by atoms with Gasteiger partial charge >= 0.3 is 0 Å². The number of carbonyl (C=O) groups is 1. The zero-order valence-electron chi connectivity index (χ0n) is 9.66. The number of nitrogens with zero attached hydrogens (tertiary/aromatic N) is 2. The van der Waals surface area contributed by atoms with Gasteiger partial charge in [0, 0.05) is 26.2 Å². The predicted molar refractivity (Wildman–Crippen MR) is 58.8 cm³/mol. The molecule has 1 rings (SSSR count). The van der Waals surface area contributed by atoms with Crippen molar-refractivity contribution in [3.05, 3.63) is 0 Å². The maximum Gasteiger partial charge on any atom is 0.236 e. The Balaban J connectivity index is 2.07. The summed E-state index contributed by atoms with van der Waals surface area (Å²) in [5.41, 5.74) is 0. The van der Waals surface area contributed by atoms with Crippen molar-refractivity contribution in [3.63, 3.8) is 0 Å². The highest BCUT2D eigenvalue weighted by Crippen LogP contribution is 1.96. The first-order valence-corrected chi connectivity index (χ1v) is 5.41. The molecule has 0 radical (unpaired) electrons. The largest absolute Gasteiger partial charge is 0.378 e. The van der Waals surface area contributed by atoms with Gasteiger partial charge in [-0.05, 0) is 14.1 Å². The third kappa shape index (κ3) is 5.11. The van der Waals surface area contributed by atoms with Gasteiger partial charge in [-0.2, -0.15) is 0 Å². The molecule has 15 heavy (non-hydrogen) atoms. The van der Waals surface area contributed by atoms with E-state index >= 15 is 0 Å². The second-order valence-electron chi connectivity index (χ2n) is 3.97. The van der Waals surface area contributed by atoms with E-state index in [2.05, 4.69) is 10.2 Å². The summed E-state index contributed by atoms with van der Waals surface area (Å²) >= 11 is 0. The highest BCUT2D eigenvalue weighted by atomic mass is 16.5. The number of likely N-dealkylation sites (N-methyl/N-ethyl adjacent to an activating group) is 1. The zero-order valence-corrected chi connectivity index (χ0v) is 9.66. The summed E-state index contributed by atoms with van der Waals surface area (Å²) in [5, 5.41) is 3.14. The van der Waals surface area contributed by atoms with Crippen molar-refractivity contribution in [3.8, 4) is 0 Å². The summed E-state index contributed by atoms with van der Waals surface area (Å²) in [4.78, 5) is 15.6. The van der Waals surface area contributed by atoms with Crippen LogP contribution in [-0.2, 0) is 9.53 Å². The van der Waals surface area contributed by atoms with Gasteiger partial charge in [0.2, 0.25) is 5.91 Å². The molecular formula is C10H21N3O2. The molecule has 0 unspecified atom stereocenters. The van der Waals surface area contributed by atoms with Crippen LogP contribution < -0.4 is 5.32 Å². The first-order chi connectivity index (χ1) is 7.20. The molecule has 1 amide bonds. The summed E-state index contributed by atoms with van der Waals surface area (Å²) < 4.78 is 5.19. The Morgan fingerprint density at radius 2 is 2.07 bits per heavy atom. The van der Waals surface area contributed by atoms with Crippen LogP contribution in [0.5, 0.6) is 0 Å². The monoisotopic (exact) mass is 215 g/mol. The van der Waals surface area contributed by atoms with Crippen LogP contribution in [0.4, 0.5) is 0 Å². The lowest BCUT2D eigenvalue weighted by molar-refractivity contribution is -0.134. The van der Waals surface area contributed by atoms with E-state index in [-0.39, 0.29) is 5.91 Å².